The van der Waals surface area contributed by atoms with E-state index in [4.69, 9.17) is 4.74 Å². The maximum Gasteiger partial charge on any atom is 0.212 e. The summed E-state index contributed by atoms with van der Waals surface area (Å²) >= 11 is 0. The number of aromatic nitrogens is 1. The Morgan fingerprint density at radius 1 is 1.53 bits per heavy atom. The number of hydrogen-bond acceptors (Lipinski definition) is 3. The molecule has 1 aliphatic carbocycles. The van der Waals surface area contributed by atoms with Gasteiger partial charge >= 0.3 is 0 Å². The van der Waals surface area contributed by atoms with Crippen molar-refractivity contribution in [3.63, 3.8) is 0 Å². The zero-order valence-electron chi connectivity index (χ0n) is 8.74. The van der Waals surface area contributed by atoms with Gasteiger partial charge in [-0.1, -0.05) is 0 Å². The van der Waals surface area contributed by atoms with E-state index in [0.29, 0.717) is 12.1 Å². The summed E-state index contributed by atoms with van der Waals surface area (Å²) in [5.41, 5.74) is 0.872. The van der Waals surface area contributed by atoms with Crippen molar-refractivity contribution in [2.75, 3.05) is 11.9 Å². The molecule has 0 unspecified atom stereocenters. The lowest BCUT2D eigenvalue weighted by Crippen LogP contribution is -2.40. The van der Waals surface area contributed by atoms with E-state index in [1.54, 1.807) is 6.07 Å². The fraction of sp³-hybridized carbons (Fsp3) is 0.545. The van der Waals surface area contributed by atoms with E-state index in [1.807, 2.05) is 6.92 Å². The molecule has 0 aliphatic heterocycles. The van der Waals surface area contributed by atoms with Crippen LogP contribution in [0.15, 0.2) is 18.3 Å². The maximum absolute atomic E-state index is 12.5. The van der Waals surface area contributed by atoms with Gasteiger partial charge in [-0.2, -0.15) is 4.39 Å². The minimum absolute atomic E-state index is 0.390. The maximum atomic E-state index is 12.5. The predicted molar refractivity (Wildman–Crippen MR) is 56.3 cm³/mol. The monoisotopic (exact) mass is 210 g/mol. The topological polar surface area (TPSA) is 34.1 Å². The van der Waals surface area contributed by atoms with E-state index in [9.17, 15) is 4.39 Å². The molecule has 1 aromatic rings. The Morgan fingerprint density at radius 2 is 2.33 bits per heavy atom. The number of ether oxygens (including phenoxy) is 1. The third-order valence-electron chi connectivity index (χ3n) is 2.60. The first kappa shape index (κ1) is 10.4. The molecule has 1 aliphatic rings. The molecule has 4 heteroatoms. The Hall–Kier alpha value is -1.16. The van der Waals surface area contributed by atoms with Gasteiger partial charge in [0.05, 0.1) is 18.0 Å². The Morgan fingerprint density at radius 3 is 2.93 bits per heavy atom. The second-order valence-electron chi connectivity index (χ2n) is 3.76. The van der Waals surface area contributed by atoms with E-state index in [0.717, 1.165) is 25.1 Å². The van der Waals surface area contributed by atoms with Crippen LogP contribution in [0.1, 0.15) is 19.8 Å². The lowest BCUT2D eigenvalue weighted by atomic mass is 9.89. The van der Waals surface area contributed by atoms with E-state index >= 15 is 0 Å². The number of halogens is 1. The van der Waals surface area contributed by atoms with Gasteiger partial charge in [-0.15, -0.1) is 0 Å². The van der Waals surface area contributed by atoms with Crippen LogP contribution in [0, 0.1) is 5.95 Å². The van der Waals surface area contributed by atoms with Crippen LogP contribution in [0.3, 0.4) is 0 Å². The van der Waals surface area contributed by atoms with E-state index in [2.05, 4.69) is 10.3 Å². The van der Waals surface area contributed by atoms with Crippen molar-refractivity contribution in [3.05, 3.63) is 24.3 Å². The Labute approximate surface area is 88.7 Å². The van der Waals surface area contributed by atoms with Crippen molar-refractivity contribution in [2.45, 2.75) is 31.9 Å². The van der Waals surface area contributed by atoms with Gasteiger partial charge in [0, 0.05) is 12.6 Å². The number of hydrogen-bond donors (Lipinski definition) is 1. The highest BCUT2D eigenvalue weighted by molar-refractivity contribution is 5.41. The molecule has 0 atom stereocenters. The first-order valence-electron chi connectivity index (χ1n) is 5.27. The Kier molecular flexibility index (Phi) is 3.16. The number of pyridine rings is 1. The van der Waals surface area contributed by atoms with Crippen LogP contribution in [0.2, 0.25) is 0 Å². The minimum atomic E-state index is -0.443. The quantitative estimate of drug-likeness (QED) is 0.773. The summed E-state index contributed by atoms with van der Waals surface area (Å²) in [6.45, 7) is 2.78. The highest BCUT2D eigenvalue weighted by atomic mass is 19.1. The van der Waals surface area contributed by atoms with Crippen LogP contribution in [0.25, 0.3) is 0 Å². The predicted octanol–water partition coefficient (Wildman–Crippen LogP) is 2.20. The molecule has 1 N–H and O–H groups in total. The van der Waals surface area contributed by atoms with Crippen molar-refractivity contribution < 1.29 is 9.13 Å². The third kappa shape index (κ3) is 2.65. The van der Waals surface area contributed by atoms with E-state index in [1.165, 1.54) is 12.3 Å². The summed E-state index contributed by atoms with van der Waals surface area (Å²) in [6.07, 6.45) is 3.95. The molecule has 0 bridgehead atoms. The molecule has 15 heavy (non-hydrogen) atoms. The van der Waals surface area contributed by atoms with Gasteiger partial charge < -0.3 is 10.1 Å². The van der Waals surface area contributed by atoms with Crippen LogP contribution in [-0.2, 0) is 4.74 Å². The van der Waals surface area contributed by atoms with Crippen LogP contribution in [-0.4, -0.2) is 23.7 Å². The van der Waals surface area contributed by atoms with E-state index in [-0.39, 0.29) is 0 Å². The van der Waals surface area contributed by atoms with Crippen molar-refractivity contribution in [1.29, 1.82) is 0 Å². The number of nitrogens with zero attached hydrogens (tertiary/aromatic N) is 1. The molecule has 0 radical (unpaired) electrons. The molecule has 0 aromatic carbocycles. The van der Waals surface area contributed by atoms with Gasteiger partial charge in [-0.3, -0.25) is 0 Å². The molecule has 1 aromatic heterocycles. The molecule has 82 valence electrons. The Balaban J connectivity index is 1.77. The van der Waals surface area contributed by atoms with E-state index < -0.39 is 5.95 Å². The fourth-order valence-corrected chi connectivity index (χ4v) is 1.75. The van der Waals surface area contributed by atoms with Crippen molar-refractivity contribution >= 4 is 5.69 Å². The smallest absolute Gasteiger partial charge is 0.212 e. The zero-order valence-corrected chi connectivity index (χ0v) is 8.74. The summed E-state index contributed by atoms with van der Waals surface area (Å²) in [4.78, 5) is 3.59. The zero-order chi connectivity index (χ0) is 10.7. The van der Waals surface area contributed by atoms with Gasteiger partial charge in [-0.25, -0.2) is 4.98 Å². The highest BCUT2D eigenvalue weighted by Gasteiger charge is 2.29. The van der Waals surface area contributed by atoms with Gasteiger partial charge in [0.25, 0.3) is 0 Å². The molecule has 1 heterocycles. The molecule has 2 rings (SSSR count). The largest absolute Gasteiger partial charge is 0.381 e. The van der Waals surface area contributed by atoms with Gasteiger partial charge in [0.1, 0.15) is 0 Å². The van der Waals surface area contributed by atoms with Crippen molar-refractivity contribution in [3.8, 4) is 0 Å². The summed E-state index contributed by atoms with van der Waals surface area (Å²) in [5.74, 6) is -0.443. The average Bonchev–Trinajstić information content (AvgIpc) is 2.18. The van der Waals surface area contributed by atoms with Crippen molar-refractivity contribution in [2.24, 2.45) is 0 Å². The van der Waals surface area contributed by atoms with Crippen LogP contribution < -0.4 is 5.32 Å². The summed E-state index contributed by atoms with van der Waals surface area (Å²) in [5, 5.41) is 3.28. The average molecular weight is 210 g/mol. The second-order valence-corrected chi connectivity index (χ2v) is 3.76. The molecular formula is C11H15FN2O. The second kappa shape index (κ2) is 4.57. The molecular weight excluding hydrogens is 195 g/mol. The SMILES string of the molecule is CCOC1CC(Nc2ccc(F)nc2)C1. The van der Waals surface area contributed by atoms with Crippen LogP contribution in [0.5, 0.6) is 0 Å². The van der Waals surface area contributed by atoms with Gasteiger partial charge in [-0.05, 0) is 31.9 Å². The lowest BCUT2D eigenvalue weighted by molar-refractivity contribution is 0.00298. The van der Waals surface area contributed by atoms with Crippen molar-refractivity contribution in [1.82, 2.24) is 4.98 Å². The van der Waals surface area contributed by atoms with Gasteiger partial charge in [0.15, 0.2) is 0 Å². The molecule has 0 spiro atoms. The number of rotatable bonds is 4. The highest BCUT2D eigenvalue weighted by Crippen LogP contribution is 2.26. The lowest BCUT2D eigenvalue weighted by Gasteiger charge is -2.35. The summed E-state index contributed by atoms with van der Waals surface area (Å²) < 4.78 is 18.0. The normalized spacial score (nSPS) is 24.7. The summed E-state index contributed by atoms with van der Waals surface area (Å²) in [7, 11) is 0. The third-order valence-corrected chi connectivity index (χ3v) is 2.60. The van der Waals surface area contributed by atoms with Crippen LogP contribution in [0.4, 0.5) is 10.1 Å². The number of nitrogens with one attached hydrogen (secondary N) is 1. The van der Waals surface area contributed by atoms with Gasteiger partial charge in [0.2, 0.25) is 5.95 Å². The number of anilines is 1. The molecule has 3 nitrogen and oxygen atoms in total. The first-order valence-corrected chi connectivity index (χ1v) is 5.27. The molecule has 1 saturated carbocycles. The summed E-state index contributed by atoms with van der Waals surface area (Å²) in [6, 6.07) is 3.51. The Bertz CT molecular complexity index is 309. The first-order chi connectivity index (χ1) is 7.28. The standard InChI is InChI=1S/C11H15FN2O/c1-2-15-10-5-9(6-10)14-8-3-4-11(12)13-7-8/h3-4,7,9-10,14H,2,5-6H2,1H3. The molecule has 1 fully saturated rings. The minimum Gasteiger partial charge on any atom is -0.381 e. The van der Waals surface area contributed by atoms with Crippen LogP contribution >= 0.6 is 0 Å². The fourth-order valence-electron chi connectivity index (χ4n) is 1.75. The molecule has 0 amide bonds. The molecule has 0 saturated heterocycles.